The average Bonchev–Trinajstić information content (AvgIpc) is 2.72. The summed E-state index contributed by atoms with van der Waals surface area (Å²) in [7, 11) is 0. The molecular formula is C11H11F2N3O. The SMILES string of the molecule is Cc1cc(-c2nnc(CCN)o2)c(F)cc1F. The molecule has 0 aliphatic heterocycles. The molecule has 0 saturated heterocycles. The molecule has 0 aliphatic carbocycles. The van der Waals surface area contributed by atoms with E-state index in [1.807, 2.05) is 0 Å². The van der Waals surface area contributed by atoms with E-state index in [1.165, 1.54) is 13.0 Å². The van der Waals surface area contributed by atoms with Gasteiger partial charge in [0, 0.05) is 19.0 Å². The van der Waals surface area contributed by atoms with E-state index in [4.69, 9.17) is 10.2 Å². The number of aryl methyl sites for hydroxylation is 1. The van der Waals surface area contributed by atoms with Gasteiger partial charge in [0.05, 0.1) is 5.56 Å². The highest BCUT2D eigenvalue weighted by molar-refractivity contribution is 5.55. The smallest absolute Gasteiger partial charge is 0.250 e. The van der Waals surface area contributed by atoms with Gasteiger partial charge in [-0.05, 0) is 18.6 Å². The predicted octanol–water partition coefficient (Wildman–Crippen LogP) is 1.82. The highest BCUT2D eigenvalue weighted by atomic mass is 19.1. The molecule has 1 aromatic carbocycles. The Balaban J connectivity index is 2.41. The minimum absolute atomic E-state index is 0.0362. The van der Waals surface area contributed by atoms with Gasteiger partial charge in [-0.2, -0.15) is 0 Å². The number of hydrogen-bond donors (Lipinski definition) is 1. The first kappa shape index (κ1) is 11.7. The highest BCUT2D eigenvalue weighted by Crippen LogP contribution is 2.24. The second kappa shape index (κ2) is 4.58. The van der Waals surface area contributed by atoms with Crippen molar-refractivity contribution in [2.24, 2.45) is 5.73 Å². The molecule has 0 atom stereocenters. The maximum atomic E-state index is 13.5. The van der Waals surface area contributed by atoms with Crippen molar-refractivity contribution in [1.29, 1.82) is 0 Å². The van der Waals surface area contributed by atoms with Gasteiger partial charge in [-0.15, -0.1) is 10.2 Å². The predicted molar refractivity (Wildman–Crippen MR) is 57.1 cm³/mol. The van der Waals surface area contributed by atoms with Crippen molar-refractivity contribution in [3.8, 4) is 11.5 Å². The topological polar surface area (TPSA) is 64.9 Å². The van der Waals surface area contributed by atoms with Crippen molar-refractivity contribution in [2.45, 2.75) is 13.3 Å². The minimum atomic E-state index is -0.726. The molecule has 17 heavy (non-hydrogen) atoms. The number of rotatable bonds is 3. The van der Waals surface area contributed by atoms with Crippen molar-refractivity contribution in [1.82, 2.24) is 10.2 Å². The molecule has 4 nitrogen and oxygen atoms in total. The summed E-state index contributed by atoms with van der Waals surface area (Å²) in [6, 6.07) is 2.14. The van der Waals surface area contributed by atoms with E-state index in [0.717, 1.165) is 6.07 Å². The Kier molecular flexibility index (Phi) is 3.14. The van der Waals surface area contributed by atoms with E-state index < -0.39 is 11.6 Å². The van der Waals surface area contributed by atoms with E-state index in [1.54, 1.807) is 0 Å². The van der Waals surface area contributed by atoms with Crippen LogP contribution in [0.2, 0.25) is 0 Å². The van der Waals surface area contributed by atoms with Crippen LogP contribution in [0.5, 0.6) is 0 Å². The Morgan fingerprint density at radius 3 is 2.71 bits per heavy atom. The molecule has 2 N–H and O–H groups in total. The van der Waals surface area contributed by atoms with Crippen LogP contribution < -0.4 is 5.73 Å². The molecule has 1 heterocycles. The van der Waals surface area contributed by atoms with Gasteiger partial charge in [0.25, 0.3) is 5.89 Å². The third-order valence-electron chi connectivity index (χ3n) is 2.30. The molecule has 0 unspecified atom stereocenters. The second-order valence-electron chi connectivity index (χ2n) is 3.62. The van der Waals surface area contributed by atoms with Gasteiger partial charge in [0.1, 0.15) is 11.6 Å². The summed E-state index contributed by atoms with van der Waals surface area (Å²) >= 11 is 0. The zero-order chi connectivity index (χ0) is 12.4. The molecule has 0 fully saturated rings. The number of benzene rings is 1. The molecule has 6 heteroatoms. The standard InChI is InChI=1S/C11H11F2N3O/c1-6-4-7(9(13)5-8(6)12)11-16-15-10(17-11)2-3-14/h4-5H,2-3,14H2,1H3. The fourth-order valence-corrected chi connectivity index (χ4v) is 1.41. The van der Waals surface area contributed by atoms with Crippen molar-refractivity contribution in [3.05, 3.63) is 35.2 Å². The zero-order valence-corrected chi connectivity index (χ0v) is 9.20. The highest BCUT2D eigenvalue weighted by Gasteiger charge is 2.15. The third-order valence-corrected chi connectivity index (χ3v) is 2.30. The first-order chi connectivity index (χ1) is 8.11. The van der Waals surface area contributed by atoms with Crippen molar-refractivity contribution in [3.63, 3.8) is 0 Å². The van der Waals surface area contributed by atoms with Crippen LogP contribution in [0.25, 0.3) is 11.5 Å². The van der Waals surface area contributed by atoms with Crippen LogP contribution in [0.1, 0.15) is 11.5 Å². The fraction of sp³-hybridized carbons (Fsp3) is 0.273. The average molecular weight is 239 g/mol. The van der Waals surface area contributed by atoms with Crippen LogP contribution in [0.3, 0.4) is 0 Å². The van der Waals surface area contributed by atoms with Gasteiger partial charge in [-0.3, -0.25) is 0 Å². The zero-order valence-electron chi connectivity index (χ0n) is 9.20. The van der Waals surface area contributed by atoms with E-state index in [0.29, 0.717) is 24.4 Å². The van der Waals surface area contributed by atoms with Gasteiger partial charge in [0.2, 0.25) is 5.89 Å². The van der Waals surface area contributed by atoms with Crippen molar-refractivity contribution in [2.75, 3.05) is 6.54 Å². The van der Waals surface area contributed by atoms with Crippen LogP contribution in [0.15, 0.2) is 16.5 Å². The summed E-state index contributed by atoms with van der Waals surface area (Å²) < 4.78 is 31.8. The van der Waals surface area contributed by atoms with E-state index in [9.17, 15) is 8.78 Å². The lowest BCUT2D eigenvalue weighted by Gasteiger charge is -2.01. The van der Waals surface area contributed by atoms with Crippen LogP contribution in [-0.4, -0.2) is 16.7 Å². The fourth-order valence-electron chi connectivity index (χ4n) is 1.41. The Bertz CT molecular complexity index is 540. The Labute approximate surface area is 96.5 Å². The summed E-state index contributed by atoms with van der Waals surface area (Å²) in [5.41, 5.74) is 5.75. The van der Waals surface area contributed by atoms with Crippen molar-refractivity contribution >= 4 is 0 Å². The molecule has 0 bridgehead atoms. The Morgan fingerprint density at radius 1 is 1.24 bits per heavy atom. The van der Waals surface area contributed by atoms with Crippen LogP contribution in [0.4, 0.5) is 8.78 Å². The van der Waals surface area contributed by atoms with Crippen LogP contribution in [-0.2, 0) is 6.42 Å². The van der Waals surface area contributed by atoms with Crippen LogP contribution in [0, 0.1) is 18.6 Å². The quantitative estimate of drug-likeness (QED) is 0.887. The molecule has 90 valence electrons. The maximum absolute atomic E-state index is 13.5. The first-order valence-corrected chi connectivity index (χ1v) is 5.10. The molecule has 0 radical (unpaired) electrons. The number of nitrogens with two attached hydrogens (primary N) is 1. The molecule has 0 spiro atoms. The van der Waals surface area contributed by atoms with Crippen molar-refractivity contribution < 1.29 is 13.2 Å². The molecule has 2 rings (SSSR count). The maximum Gasteiger partial charge on any atom is 0.250 e. The monoisotopic (exact) mass is 239 g/mol. The Hall–Kier alpha value is -1.82. The van der Waals surface area contributed by atoms with E-state index in [-0.39, 0.29) is 11.5 Å². The van der Waals surface area contributed by atoms with Crippen LogP contribution >= 0.6 is 0 Å². The van der Waals surface area contributed by atoms with Gasteiger partial charge >= 0.3 is 0 Å². The Morgan fingerprint density at radius 2 is 2.00 bits per heavy atom. The lowest BCUT2D eigenvalue weighted by molar-refractivity contribution is 0.501. The largest absolute Gasteiger partial charge is 0.421 e. The summed E-state index contributed by atoms with van der Waals surface area (Å²) in [4.78, 5) is 0. The normalized spacial score (nSPS) is 10.8. The minimum Gasteiger partial charge on any atom is -0.421 e. The number of halogens is 2. The molecular weight excluding hydrogens is 228 g/mol. The number of nitrogens with zero attached hydrogens (tertiary/aromatic N) is 2. The van der Waals surface area contributed by atoms with E-state index >= 15 is 0 Å². The molecule has 1 aromatic heterocycles. The summed E-state index contributed by atoms with van der Waals surface area (Å²) in [5.74, 6) is -0.957. The van der Waals surface area contributed by atoms with Gasteiger partial charge in [-0.1, -0.05) is 0 Å². The lowest BCUT2D eigenvalue weighted by atomic mass is 10.1. The summed E-state index contributed by atoms with van der Waals surface area (Å²) in [6.45, 7) is 1.90. The van der Waals surface area contributed by atoms with E-state index in [2.05, 4.69) is 10.2 Å². The molecule has 0 aliphatic rings. The lowest BCUT2D eigenvalue weighted by Crippen LogP contribution is -2.02. The summed E-state index contributed by atoms with van der Waals surface area (Å²) in [6.07, 6.45) is 0.425. The summed E-state index contributed by atoms with van der Waals surface area (Å²) in [5, 5.41) is 7.42. The molecule has 2 aromatic rings. The van der Waals surface area contributed by atoms with Gasteiger partial charge in [0.15, 0.2) is 0 Å². The molecule has 0 amide bonds. The second-order valence-corrected chi connectivity index (χ2v) is 3.62. The third kappa shape index (κ3) is 2.31. The first-order valence-electron chi connectivity index (χ1n) is 5.10. The van der Waals surface area contributed by atoms with Gasteiger partial charge < -0.3 is 10.2 Å². The van der Waals surface area contributed by atoms with Gasteiger partial charge in [-0.25, -0.2) is 8.78 Å². The molecule has 0 saturated carbocycles. The number of hydrogen-bond acceptors (Lipinski definition) is 4. The number of aromatic nitrogens is 2.